The highest BCUT2D eigenvalue weighted by Gasteiger charge is 2.21. The molecule has 0 bridgehead atoms. The molecule has 0 radical (unpaired) electrons. The molecule has 0 saturated heterocycles. The molecule has 0 amide bonds. The van der Waals surface area contributed by atoms with Gasteiger partial charge in [0.15, 0.2) is 11.5 Å². The van der Waals surface area contributed by atoms with Crippen LogP contribution in [0.1, 0.15) is 36.8 Å². The molecule has 4 heteroatoms. The van der Waals surface area contributed by atoms with Gasteiger partial charge < -0.3 is 15.2 Å². The van der Waals surface area contributed by atoms with Crippen LogP contribution in [0.3, 0.4) is 0 Å². The largest absolute Gasteiger partial charge is 0.489 e. The molecule has 0 saturated carbocycles. The molecule has 18 heavy (non-hydrogen) atoms. The summed E-state index contributed by atoms with van der Waals surface area (Å²) in [5, 5.41) is 0.636. The Kier molecular flexibility index (Phi) is 4.36. The van der Waals surface area contributed by atoms with Crippen molar-refractivity contribution in [3.05, 3.63) is 22.2 Å². The summed E-state index contributed by atoms with van der Waals surface area (Å²) < 4.78 is 11.5. The lowest BCUT2D eigenvalue weighted by Crippen LogP contribution is -2.07. The maximum atomic E-state index is 6.30. The lowest BCUT2D eigenvalue weighted by Gasteiger charge is -2.19. The van der Waals surface area contributed by atoms with E-state index in [1.165, 1.54) is 5.56 Å². The zero-order valence-corrected chi connectivity index (χ0v) is 11.7. The third-order valence-corrected chi connectivity index (χ3v) is 3.67. The van der Waals surface area contributed by atoms with E-state index in [1.54, 1.807) is 0 Å². The SMILES string of the molecule is Cc1c(C(C)CCN)cc(Cl)c2c1OCCCO2. The quantitative estimate of drug-likeness (QED) is 0.916. The number of ether oxygens (including phenoxy) is 2. The summed E-state index contributed by atoms with van der Waals surface area (Å²) in [6, 6.07) is 1.99. The van der Waals surface area contributed by atoms with E-state index >= 15 is 0 Å². The van der Waals surface area contributed by atoms with E-state index in [9.17, 15) is 0 Å². The molecular weight excluding hydrogens is 250 g/mol. The molecule has 1 heterocycles. The van der Waals surface area contributed by atoms with Crippen LogP contribution in [0.5, 0.6) is 11.5 Å². The van der Waals surface area contributed by atoms with Gasteiger partial charge >= 0.3 is 0 Å². The van der Waals surface area contributed by atoms with E-state index in [2.05, 4.69) is 13.8 Å². The number of fused-ring (bicyclic) bond motifs is 1. The maximum Gasteiger partial charge on any atom is 0.180 e. The minimum absolute atomic E-state index is 0.379. The first kappa shape index (κ1) is 13.5. The molecule has 1 unspecified atom stereocenters. The first-order valence-electron chi connectivity index (χ1n) is 6.43. The summed E-state index contributed by atoms with van der Waals surface area (Å²) in [6.07, 6.45) is 1.83. The average Bonchev–Trinajstić information content (AvgIpc) is 2.60. The summed E-state index contributed by atoms with van der Waals surface area (Å²) in [6.45, 7) is 6.23. The highest BCUT2D eigenvalue weighted by molar-refractivity contribution is 6.32. The van der Waals surface area contributed by atoms with Crippen molar-refractivity contribution in [3.63, 3.8) is 0 Å². The number of rotatable bonds is 3. The van der Waals surface area contributed by atoms with Crippen molar-refractivity contribution in [2.24, 2.45) is 5.73 Å². The predicted molar refractivity (Wildman–Crippen MR) is 73.9 cm³/mol. The van der Waals surface area contributed by atoms with Crippen LogP contribution in [0.4, 0.5) is 0 Å². The van der Waals surface area contributed by atoms with Gasteiger partial charge in [-0.1, -0.05) is 18.5 Å². The third-order valence-electron chi connectivity index (χ3n) is 3.39. The summed E-state index contributed by atoms with van der Waals surface area (Å²) in [5.41, 5.74) is 7.95. The van der Waals surface area contributed by atoms with Crippen molar-refractivity contribution in [2.45, 2.75) is 32.6 Å². The third kappa shape index (κ3) is 2.57. The van der Waals surface area contributed by atoms with Crippen LogP contribution < -0.4 is 15.2 Å². The fourth-order valence-electron chi connectivity index (χ4n) is 2.35. The molecule has 2 N–H and O–H groups in total. The second kappa shape index (κ2) is 5.81. The molecule has 0 fully saturated rings. The number of hydrogen-bond donors (Lipinski definition) is 1. The highest BCUT2D eigenvalue weighted by atomic mass is 35.5. The molecule has 1 atom stereocenters. The van der Waals surface area contributed by atoms with Crippen molar-refractivity contribution in [1.82, 2.24) is 0 Å². The molecule has 2 rings (SSSR count). The second-order valence-corrected chi connectivity index (χ2v) is 5.17. The first-order valence-corrected chi connectivity index (χ1v) is 6.81. The Hall–Kier alpha value is -0.930. The topological polar surface area (TPSA) is 44.5 Å². The Balaban J connectivity index is 2.45. The summed E-state index contributed by atoms with van der Waals surface area (Å²) in [7, 11) is 0. The molecular formula is C14H20ClNO2. The molecule has 1 aliphatic rings. The first-order chi connectivity index (χ1) is 8.65. The maximum absolute atomic E-state index is 6.30. The van der Waals surface area contributed by atoms with Gasteiger partial charge in [-0.15, -0.1) is 0 Å². The minimum Gasteiger partial charge on any atom is -0.489 e. The summed E-state index contributed by atoms with van der Waals surface area (Å²) in [5.74, 6) is 1.87. The molecule has 1 aromatic rings. The normalized spacial score (nSPS) is 16.2. The van der Waals surface area contributed by atoms with Crippen molar-refractivity contribution in [2.75, 3.05) is 19.8 Å². The lowest BCUT2D eigenvalue weighted by molar-refractivity contribution is 0.296. The van der Waals surface area contributed by atoms with Gasteiger partial charge in [0, 0.05) is 6.42 Å². The molecule has 1 aliphatic heterocycles. The molecule has 0 aliphatic carbocycles. The van der Waals surface area contributed by atoms with Gasteiger partial charge in [-0.05, 0) is 43.0 Å². The van der Waals surface area contributed by atoms with Gasteiger partial charge in [0.1, 0.15) is 0 Å². The van der Waals surface area contributed by atoms with Gasteiger partial charge in [0.2, 0.25) is 0 Å². The van der Waals surface area contributed by atoms with E-state index in [0.29, 0.717) is 36.4 Å². The van der Waals surface area contributed by atoms with Gasteiger partial charge in [-0.2, -0.15) is 0 Å². The van der Waals surface area contributed by atoms with Gasteiger partial charge in [-0.3, -0.25) is 0 Å². The Labute approximate surface area is 113 Å². The minimum atomic E-state index is 0.379. The van der Waals surface area contributed by atoms with E-state index in [1.807, 2.05) is 6.07 Å². The van der Waals surface area contributed by atoms with E-state index in [-0.39, 0.29) is 0 Å². The van der Waals surface area contributed by atoms with Gasteiger partial charge in [0.25, 0.3) is 0 Å². The summed E-state index contributed by atoms with van der Waals surface area (Å²) in [4.78, 5) is 0. The smallest absolute Gasteiger partial charge is 0.180 e. The van der Waals surface area contributed by atoms with Crippen LogP contribution in [-0.4, -0.2) is 19.8 Å². The number of hydrogen-bond acceptors (Lipinski definition) is 3. The zero-order chi connectivity index (χ0) is 13.1. The van der Waals surface area contributed by atoms with Crippen LogP contribution in [-0.2, 0) is 0 Å². The fraction of sp³-hybridized carbons (Fsp3) is 0.571. The lowest BCUT2D eigenvalue weighted by atomic mass is 9.93. The average molecular weight is 270 g/mol. The van der Waals surface area contributed by atoms with Crippen molar-refractivity contribution in [3.8, 4) is 11.5 Å². The van der Waals surface area contributed by atoms with Gasteiger partial charge in [0.05, 0.1) is 18.2 Å². The van der Waals surface area contributed by atoms with Crippen LogP contribution in [0, 0.1) is 6.92 Å². The summed E-state index contributed by atoms with van der Waals surface area (Å²) >= 11 is 6.30. The number of benzene rings is 1. The Morgan fingerprint density at radius 2 is 2.00 bits per heavy atom. The zero-order valence-electron chi connectivity index (χ0n) is 11.0. The molecule has 100 valence electrons. The Morgan fingerprint density at radius 3 is 2.67 bits per heavy atom. The van der Waals surface area contributed by atoms with E-state index < -0.39 is 0 Å². The van der Waals surface area contributed by atoms with E-state index in [4.69, 9.17) is 26.8 Å². The standard InChI is InChI=1S/C14H20ClNO2/c1-9(4-5-16)11-8-12(15)14-13(10(11)2)17-6-3-7-18-14/h8-9H,3-7,16H2,1-2H3. The van der Waals surface area contributed by atoms with Crippen LogP contribution >= 0.6 is 11.6 Å². The van der Waals surface area contributed by atoms with Crippen LogP contribution in [0.25, 0.3) is 0 Å². The van der Waals surface area contributed by atoms with Gasteiger partial charge in [-0.25, -0.2) is 0 Å². The Bertz CT molecular complexity index is 434. The van der Waals surface area contributed by atoms with E-state index in [0.717, 1.165) is 24.2 Å². The Morgan fingerprint density at radius 1 is 1.33 bits per heavy atom. The molecule has 1 aromatic carbocycles. The highest BCUT2D eigenvalue weighted by Crippen LogP contribution is 2.43. The van der Waals surface area contributed by atoms with Crippen LogP contribution in [0.15, 0.2) is 6.07 Å². The molecule has 0 spiro atoms. The van der Waals surface area contributed by atoms with Crippen molar-refractivity contribution < 1.29 is 9.47 Å². The molecule has 3 nitrogen and oxygen atoms in total. The monoisotopic (exact) mass is 269 g/mol. The van der Waals surface area contributed by atoms with Crippen molar-refractivity contribution in [1.29, 1.82) is 0 Å². The van der Waals surface area contributed by atoms with Crippen LogP contribution in [0.2, 0.25) is 5.02 Å². The number of halogens is 1. The fourth-order valence-corrected chi connectivity index (χ4v) is 2.61. The molecule has 0 aromatic heterocycles. The van der Waals surface area contributed by atoms with Crippen molar-refractivity contribution >= 4 is 11.6 Å². The predicted octanol–water partition coefficient (Wildman–Crippen LogP) is 3.26. The second-order valence-electron chi connectivity index (χ2n) is 4.76. The number of nitrogens with two attached hydrogens (primary N) is 1.